The van der Waals surface area contributed by atoms with Gasteiger partial charge in [0.05, 0.1) is 12.0 Å². The Morgan fingerprint density at radius 3 is 2.49 bits per heavy atom. The van der Waals surface area contributed by atoms with E-state index in [1.807, 2.05) is 60.9 Å². The highest BCUT2D eigenvalue weighted by atomic mass is 35.5. The van der Waals surface area contributed by atoms with Gasteiger partial charge < -0.3 is 14.6 Å². The molecule has 0 unspecified atom stereocenters. The zero-order valence-corrected chi connectivity index (χ0v) is 22.9. The molecular weight excluding hydrogens is 515 g/mol. The van der Waals surface area contributed by atoms with Gasteiger partial charge in [-0.15, -0.1) is 0 Å². The molecule has 0 bridgehead atoms. The van der Waals surface area contributed by atoms with Gasteiger partial charge in [0.25, 0.3) is 5.91 Å². The van der Waals surface area contributed by atoms with Gasteiger partial charge in [0, 0.05) is 41.9 Å². The Bertz CT molecular complexity index is 1410. The molecule has 3 aromatic carbocycles. The highest BCUT2D eigenvalue weighted by Crippen LogP contribution is 2.29. The minimum Gasteiger partial charge on any atom is -0.490 e. The van der Waals surface area contributed by atoms with Crippen molar-refractivity contribution in [2.24, 2.45) is 0 Å². The summed E-state index contributed by atoms with van der Waals surface area (Å²) in [4.78, 5) is 20.1. The van der Waals surface area contributed by atoms with Crippen molar-refractivity contribution < 1.29 is 13.9 Å². The van der Waals surface area contributed by atoms with Gasteiger partial charge in [-0.2, -0.15) is 0 Å². The number of imidazole rings is 1. The van der Waals surface area contributed by atoms with Crippen molar-refractivity contribution in [3.63, 3.8) is 0 Å². The Morgan fingerprint density at radius 1 is 1.08 bits per heavy atom. The number of rotatable bonds is 8. The lowest BCUT2D eigenvalue weighted by atomic mass is 10.1. The predicted octanol–water partition coefficient (Wildman–Crippen LogP) is 7.22. The van der Waals surface area contributed by atoms with E-state index < -0.39 is 0 Å². The maximum absolute atomic E-state index is 13.6. The molecule has 0 spiro atoms. The van der Waals surface area contributed by atoms with Gasteiger partial charge in [-0.05, 0) is 86.8 Å². The number of para-hydroxylation sites is 1. The summed E-state index contributed by atoms with van der Waals surface area (Å²) < 4.78 is 21.6. The number of benzene rings is 3. The Kier molecular flexibility index (Phi) is 8.29. The number of nitrogens with one attached hydrogen (secondary N) is 1. The zero-order chi connectivity index (χ0) is 27.4. The highest BCUT2D eigenvalue weighted by molar-refractivity contribution is 6.31. The SMILES string of the molecule is CC(C)n1cnc(C(=O)Nc2ccc(Cl)c(CN3CCC(Oc4ccccc4)CC3)c2)c1-c1ccc(F)cc1. The standard InChI is InChI=1S/C31H32ClFN4O2/c1-21(2)37-20-34-29(30(37)22-8-10-24(33)11-9-22)31(38)35-25-12-13-28(32)23(18-25)19-36-16-14-27(15-17-36)39-26-6-4-3-5-7-26/h3-13,18,20-21,27H,14-17,19H2,1-2H3,(H,35,38). The number of carbonyl (C=O) groups excluding carboxylic acids is 1. The summed E-state index contributed by atoms with van der Waals surface area (Å²) in [5, 5.41) is 3.64. The molecule has 1 aromatic heterocycles. The summed E-state index contributed by atoms with van der Waals surface area (Å²) in [7, 11) is 0. The third-order valence-electron chi connectivity index (χ3n) is 6.96. The molecule has 1 amide bonds. The van der Waals surface area contributed by atoms with Gasteiger partial charge in [0.1, 0.15) is 17.7 Å². The molecule has 5 rings (SSSR count). The van der Waals surface area contributed by atoms with Gasteiger partial charge in [-0.3, -0.25) is 9.69 Å². The molecule has 1 aliphatic rings. The molecule has 0 atom stereocenters. The van der Waals surface area contributed by atoms with E-state index >= 15 is 0 Å². The topological polar surface area (TPSA) is 59.4 Å². The number of carbonyl (C=O) groups is 1. The second kappa shape index (κ2) is 12.0. The predicted molar refractivity (Wildman–Crippen MR) is 153 cm³/mol. The van der Waals surface area contributed by atoms with Crippen molar-refractivity contribution in [3.8, 4) is 17.0 Å². The maximum atomic E-state index is 13.6. The summed E-state index contributed by atoms with van der Waals surface area (Å²) in [6.07, 6.45) is 3.73. The van der Waals surface area contributed by atoms with Gasteiger partial charge >= 0.3 is 0 Å². The Morgan fingerprint density at radius 2 is 1.79 bits per heavy atom. The van der Waals surface area contributed by atoms with Crippen molar-refractivity contribution in [3.05, 3.63) is 101 Å². The first-order valence-electron chi connectivity index (χ1n) is 13.2. The van der Waals surface area contributed by atoms with E-state index in [1.165, 1.54) is 12.1 Å². The van der Waals surface area contributed by atoms with Gasteiger partial charge in [-0.25, -0.2) is 9.37 Å². The summed E-state index contributed by atoms with van der Waals surface area (Å²) in [5.74, 6) is 0.242. The molecule has 4 aromatic rings. The summed E-state index contributed by atoms with van der Waals surface area (Å²) in [6, 6.07) is 21.6. The lowest BCUT2D eigenvalue weighted by Crippen LogP contribution is -2.37. The van der Waals surface area contributed by atoms with E-state index in [9.17, 15) is 9.18 Å². The number of hydrogen-bond acceptors (Lipinski definition) is 4. The summed E-state index contributed by atoms with van der Waals surface area (Å²) in [6.45, 7) is 6.51. The number of anilines is 1. The second-order valence-corrected chi connectivity index (χ2v) is 10.5. The molecule has 1 saturated heterocycles. The molecule has 0 saturated carbocycles. The first-order chi connectivity index (χ1) is 18.9. The van der Waals surface area contributed by atoms with Gasteiger partial charge in [0.2, 0.25) is 0 Å². The highest BCUT2D eigenvalue weighted by Gasteiger charge is 2.23. The fourth-order valence-electron chi connectivity index (χ4n) is 4.89. The van der Waals surface area contributed by atoms with Crippen LogP contribution in [0.2, 0.25) is 5.02 Å². The molecule has 39 heavy (non-hydrogen) atoms. The molecule has 0 radical (unpaired) electrons. The third-order valence-corrected chi connectivity index (χ3v) is 7.33. The third kappa shape index (κ3) is 6.49. The van der Waals surface area contributed by atoms with Crippen LogP contribution in [0.15, 0.2) is 79.1 Å². The van der Waals surface area contributed by atoms with E-state index in [2.05, 4.69) is 15.2 Å². The minimum absolute atomic E-state index is 0.0727. The normalized spacial score (nSPS) is 14.5. The number of aromatic nitrogens is 2. The molecule has 1 aliphatic heterocycles. The van der Waals surface area contributed by atoms with Crippen LogP contribution in [0.25, 0.3) is 11.3 Å². The van der Waals surface area contributed by atoms with E-state index in [4.69, 9.17) is 16.3 Å². The maximum Gasteiger partial charge on any atom is 0.276 e. The molecule has 6 nitrogen and oxygen atoms in total. The van der Waals surface area contributed by atoms with Crippen LogP contribution in [-0.4, -0.2) is 39.6 Å². The molecule has 8 heteroatoms. The average molecular weight is 547 g/mol. The van der Waals surface area contributed by atoms with Gasteiger partial charge in [0.15, 0.2) is 5.69 Å². The number of hydrogen-bond donors (Lipinski definition) is 1. The van der Waals surface area contributed by atoms with Crippen LogP contribution in [0, 0.1) is 5.82 Å². The first kappa shape index (κ1) is 26.9. The fraction of sp³-hybridized carbons (Fsp3) is 0.290. The summed E-state index contributed by atoms with van der Waals surface area (Å²) in [5.41, 5.74) is 3.25. The van der Waals surface area contributed by atoms with Crippen LogP contribution in [0.5, 0.6) is 5.75 Å². The smallest absolute Gasteiger partial charge is 0.276 e. The van der Waals surface area contributed by atoms with Gasteiger partial charge in [-0.1, -0.05) is 29.8 Å². The number of amides is 1. The number of ether oxygens (including phenoxy) is 1. The molecular formula is C31H32ClFN4O2. The largest absolute Gasteiger partial charge is 0.490 e. The molecule has 1 N–H and O–H groups in total. The Labute approximate surface area is 233 Å². The number of nitrogens with zero attached hydrogens (tertiary/aromatic N) is 3. The van der Waals surface area contributed by atoms with Crippen molar-refractivity contribution in [1.29, 1.82) is 0 Å². The Hall–Kier alpha value is -3.68. The monoisotopic (exact) mass is 546 g/mol. The number of likely N-dealkylation sites (tertiary alicyclic amines) is 1. The van der Waals surface area contributed by atoms with E-state index in [-0.39, 0.29) is 29.6 Å². The van der Waals surface area contributed by atoms with Crippen LogP contribution < -0.4 is 10.1 Å². The molecule has 0 aliphatic carbocycles. The minimum atomic E-state index is -0.333. The van der Waals surface area contributed by atoms with Crippen molar-refractivity contribution in [2.45, 2.75) is 45.4 Å². The first-order valence-corrected chi connectivity index (χ1v) is 13.6. The number of halogens is 2. The van der Waals surface area contributed by atoms with E-state index in [0.29, 0.717) is 22.9 Å². The lowest BCUT2D eigenvalue weighted by molar-refractivity contribution is 0.0968. The fourth-order valence-corrected chi connectivity index (χ4v) is 5.07. The lowest BCUT2D eigenvalue weighted by Gasteiger charge is -2.32. The van der Waals surface area contributed by atoms with Crippen LogP contribution >= 0.6 is 11.6 Å². The van der Waals surface area contributed by atoms with Crippen LogP contribution in [0.4, 0.5) is 10.1 Å². The molecule has 1 fully saturated rings. The van der Waals surface area contributed by atoms with Crippen molar-refractivity contribution in [2.75, 3.05) is 18.4 Å². The Balaban J connectivity index is 1.26. The summed E-state index contributed by atoms with van der Waals surface area (Å²) >= 11 is 6.55. The number of piperidine rings is 1. The van der Waals surface area contributed by atoms with E-state index in [0.717, 1.165) is 42.8 Å². The average Bonchev–Trinajstić information content (AvgIpc) is 3.39. The van der Waals surface area contributed by atoms with Crippen LogP contribution in [0.1, 0.15) is 48.8 Å². The van der Waals surface area contributed by atoms with Crippen LogP contribution in [0.3, 0.4) is 0 Å². The van der Waals surface area contributed by atoms with Crippen molar-refractivity contribution >= 4 is 23.2 Å². The van der Waals surface area contributed by atoms with Crippen molar-refractivity contribution in [1.82, 2.24) is 14.5 Å². The molecule has 2 heterocycles. The molecule has 202 valence electrons. The van der Waals surface area contributed by atoms with Crippen LogP contribution in [-0.2, 0) is 6.54 Å². The van der Waals surface area contributed by atoms with E-state index in [1.54, 1.807) is 24.5 Å². The second-order valence-electron chi connectivity index (χ2n) is 10.1. The quantitative estimate of drug-likeness (QED) is 0.253. The zero-order valence-electron chi connectivity index (χ0n) is 22.1.